The summed E-state index contributed by atoms with van der Waals surface area (Å²) in [6.45, 7) is 5.07. The van der Waals surface area contributed by atoms with E-state index in [1.54, 1.807) is 7.11 Å². The third-order valence-corrected chi connectivity index (χ3v) is 5.18. The highest BCUT2D eigenvalue weighted by atomic mass is 16.5. The van der Waals surface area contributed by atoms with Crippen LogP contribution in [0.2, 0.25) is 0 Å². The highest BCUT2D eigenvalue weighted by Crippen LogP contribution is 2.42. The van der Waals surface area contributed by atoms with Crippen molar-refractivity contribution < 1.29 is 9.53 Å². The van der Waals surface area contributed by atoms with Crippen molar-refractivity contribution in [3.8, 4) is 0 Å². The summed E-state index contributed by atoms with van der Waals surface area (Å²) in [7, 11) is 1.74. The van der Waals surface area contributed by atoms with Crippen molar-refractivity contribution in [1.82, 2.24) is 10.6 Å². The maximum atomic E-state index is 12.5. The zero-order valence-corrected chi connectivity index (χ0v) is 13.0. The number of rotatable bonds is 3. The fraction of sp³-hybridized carbons (Fsp3) is 0.588. The molecule has 3 atom stereocenters. The van der Waals surface area contributed by atoms with Crippen molar-refractivity contribution in [2.45, 2.75) is 51.4 Å². The minimum atomic E-state index is -0.128. The van der Waals surface area contributed by atoms with Gasteiger partial charge in [-0.15, -0.1) is 0 Å². The fourth-order valence-corrected chi connectivity index (χ4v) is 3.44. The molecule has 2 N–H and O–H groups in total. The number of amides is 1. The molecule has 0 spiro atoms. The molecule has 4 nitrogen and oxygen atoms in total. The van der Waals surface area contributed by atoms with Gasteiger partial charge in [0.2, 0.25) is 5.91 Å². The van der Waals surface area contributed by atoms with Crippen LogP contribution in [0.1, 0.15) is 31.4 Å². The first-order valence-electron chi connectivity index (χ1n) is 7.65. The molecule has 1 heterocycles. The van der Waals surface area contributed by atoms with E-state index in [-0.39, 0.29) is 29.5 Å². The van der Waals surface area contributed by atoms with Gasteiger partial charge in [0.25, 0.3) is 0 Å². The number of nitrogens with one attached hydrogen (secondary N) is 2. The Morgan fingerprint density at radius 1 is 1.33 bits per heavy atom. The lowest BCUT2D eigenvalue weighted by Crippen LogP contribution is -2.64. The molecule has 0 bridgehead atoms. The summed E-state index contributed by atoms with van der Waals surface area (Å²) < 4.78 is 5.44. The van der Waals surface area contributed by atoms with Crippen LogP contribution in [0.25, 0.3) is 0 Å². The molecular formula is C17H24N2O2. The van der Waals surface area contributed by atoms with Crippen LogP contribution in [0.15, 0.2) is 24.3 Å². The number of benzene rings is 1. The fourth-order valence-electron chi connectivity index (χ4n) is 3.44. The molecule has 21 heavy (non-hydrogen) atoms. The van der Waals surface area contributed by atoms with E-state index in [2.05, 4.69) is 36.6 Å². The summed E-state index contributed by atoms with van der Waals surface area (Å²) in [5.41, 5.74) is 2.58. The molecule has 1 saturated carbocycles. The standard InChI is InChI=1S/C17H24N2O2/c1-17(2)14(9-15(17)21-3)19-16(20)13-8-11-6-4-5-7-12(11)10-18-13/h4-7,13-15,18H,8-10H2,1-3H3,(H,19,20)/t13-,14?,15?/m0/s1. The lowest BCUT2D eigenvalue weighted by atomic mass is 9.64. The summed E-state index contributed by atoms with van der Waals surface area (Å²) in [6, 6.07) is 8.39. The Hall–Kier alpha value is -1.39. The zero-order valence-electron chi connectivity index (χ0n) is 13.0. The van der Waals surface area contributed by atoms with Crippen molar-refractivity contribution >= 4 is 5.91 Å². The monoisotopic (exact) mass is 288 g/mol. The number of hydrogen-bond acceptors (Lipinski definition) is 3. The zero-order chi connectivity index (χ0) is 15.0. The maximum Gasteiger partial charge on any atom is 0.237 e. The Bertz CT molecular complexity index is 541. The van der Waals surface area contributed by atoms with Gasteiger partial charge in [-0.2, -0.15) is 0 Å². The Kier molecular flexibility index (Phi) is 3.76. The smallest absolute Gasteiger partial charge is 0.237 e. The summed E-state index contributed by atoms with van der Waals surface area (Å²) in [6.07, 6.45) is 1.91. The molecule has 1 amide bonds. The molecule has 3 rings (SSSR count). The van der Waals surface area contributed by atoms with Gasteiger partial charge in [-0.1, -0.05) is 38.1 Å². The average Bonchev–Trinajstić information content (AvgIpc) is 2.50. The highest BCUT2D eigenvalue weighted by Gasteiger charge is 2.49. The van der Waals surface area contributed by atoms with E-state index in [1.165, 1.54) is 11.1 Å². The summed E-state index contributed by atoms with van der Waals surface area (Å²) in [5.74, 6) is 0.108. The van der Waals surface area contributed by atoms with Crippen LogP contribution in [-0.2, 0) is 22.5 Å². The molecule has 0 saturated heterocycles. The molecule has 1 aliphatic carbocycles. The van der Waals surface area contributed by atoms with Gasteiger partial charge >= 0.3 is 0 Å². The van der Waals surface area contributed by atoms with Gasteiger partial charge in [-0.05, 0) is 24.0 Å². The van der Waals surface area contributed by atoms with Crippen molar-refractivity contribution in [3.05, 3.63) is 35.4 Å². The first-order valence-corrected chi connectivity index (χ1v) is 7.65. The molecule has 2 aliphatic rings. The first kappa shape index (κ1) is 14.5. The second-order valence-corrected chi connectivity index (χ2v) is 6.75. The molecule has 2 unspecified atom stereocenters. The van der Waals surface area contributed by atoms with Crippen molar-refractivity contribution in [2.24, 2.45) is 5.41 Å². The van der Waals surface area contributed by atoms with Gasteiger partial charge < -0.3 is 15.4 Å². The molecule has 1 fully saturated rings. The van der Waals surface area contributed by atoms with Crippen molar-refractivity contribution in [1.29, 1.82) is 0 Å². The van der Waals surface area contributed by atoms with Gasteiger partial charge in [-0.3, -0.25) is 4.79 Å². The predicted molar refractivity (Wildman–Crippen MR) is 81.9 cm³/mol. The molecular weight excluding hydrogens is 264 g/mol. The van der Waals surface area contributed by atoms with Gasteiger partial charge in [-0.25, -0.2) is 0 Å². The van der Waals surface area contributed by atoms with E-state index in [4.69, 9.17) is 4.74 Å². The molecule has 1 aromatic rings. The molecule has 114 valence electrons. The molecule has 1 aromatic carbocycles. The molecule has 0 radical (unpaired) electrons. The second kappa shape index (κ2) is 5.43. The van der Waals surface area contributed by atoms with E-state index < -0.39 is 0 Å². The van der Waals surface area contributed by atoms with E-state index in [0.29, 0.717) is 0 Å². The number of ether oxygens (including phenoxy) is 1. The van der Waals surface area contributed by atoms with E-state index >= 15 is 0 Å². The normalized spacial score (nSPS) is 30.1. The SMILES string of the molecule is COC1CC(NC(=O)[C@@H]2Cc3ccccc3CN2)C1(C)C. The Labute approximate surface area is 126 Å². The lowest BCUT2D eigenvalue weighted by molar-refractivity contribution is -0.134. The van der Waals surface area contributed by atoms with Crippen LogP contribution < -0.4 is 10.6 Å². The second-order valence-electron chi connectivity index (χ2n) is 6.75. The van der Waals surface area contributed by atoms with Crippen molar-refractivity contribution in [2.75, 3.05) is 7.11 Å². The third kappa shape index (κ3) is 2.58. The van der Waals surface area contributed by atoms with Crippen LogP contribution in [0.3, 0.4) is 0 Å². The minimum absolute atomic E-state index is 0.0109. The third-order valence-electron chi connectivity index (χ3n) is 5.18. The topological polar surface area (TPSA) is 50.4 Å². The van der Waals surface area contributed by atoms with Crippen LogP contribution in [0.4, 0.5) is 0 Å². The van der Waals surface area contributed by atoms with Crippen molar-refractivity contribution in [3.63, 3.8) is 0 Å². The summed E-state index contributed by atoms with van der Waals surface area (Å²) in [5, 5.41) is 6.53. The molecule has 4 heteroatoms. The lowest BCUT2D eigenvalue weighted by Gasteiger charge is -2.51. The highest BCUT2D eigenvalue weighted by molar-refractivity contribution is 5.83. The summed E-state index contributed by atoms with van der Waals surface area (Å²) >= 11 is 0. The number of hydrogen-bond donors (Lipinski definition) is 2. The van der Waals surface area contributed by atoms with Crippen LogP contribution in [-0.4, -0.2) is 31.2 Å². The van der Waals surface area contributed by atoms with Gasteiger partial charge in [0.05, 0.1) is 12.1 Å². The van der Waals surface area contributed by atoms with Gasteiger partial charge in [0, 0.05) is 25.1 Å². The Morgan fingerprint density at radius 3 is 2.71 bits per heavy atom. The van der Waals surface area contributed by atoms with Crippen LogP contribution in [0.5, 0.6) is 0 Å². The predicted octanol–water partition coefficient (Wildman–Crippen LogP) is 1.63. The first-order chi connectivity index (χ1) is 10.0. The average molecular weight is 288 g/mol. The molecule has 1 aliphatic heterocycles. The van der Waals surface area contributed by atoms with E-state index in [9.17, 15) is 4.79 Å². The summed E-state index contributed by atoms with van der Waals surface area (Å²) in [4.78, 5) is 12.5. The number of fused-ring (bicyclic) bond motifs is 1. The largest absolute Gasteiger partial charge is 0.381 e. The number of carbonyl (C=O) groups excluding carboxylic acids is 1. The maximum absolute atomic E-state index is 12.5. The Morgan fingerprint density at radius 2 is 2.05 bits per heavy atom. The van der Waals surface area contributed by atoms with Crippen LogP contribution >= 0.6 is 0 Å². The number of carbonyl (C=O) groups is 1. The van der Waals surface area contributed by atoms with E-state index in [0.717, 1.165) is 19.4 Å². The Balaban J connectivity index is 1.61. The van der Waals surface area contributed by atoms with Gasteiger partial charge in [0.15, 0.2) is 0 Å². The molecule has 0 aromatic heterocycles. The minimum Gasteiger partial charge on any atom is -0.381 e. The quantitative estimate of drug-likeness (QED) is 0.889. The van der Waals surface area contributed by atoms with E-state index in [1.807, 2.05) is 12.1 Å². The van der Waals surface area contributed by atoms with Crippen LogP contribution in [0, 0.1) is 5.41 Å². The van der Waals surface area contributed by atoms with Gasteiger partial charge in [0.1, 0.15) is 0 Å². The number of methoxy groups -OCH3 is 1.